The normalized spacial score (nSPS) is 20.0. The Bertz CT molecular complexity index is 762. The Morgan fingerprint density at radius 2 is 1.96 bits per heavy atom. The van der Waals surface area contributed by atoms with Crippen LogP contribution in [0.15, 0.2) is 18.2 Å². The Hall–Kier alpha value is -1.72. The third-order valence-corrected chi connectivity index (χ3v) is 5.62. The van der Waals surface area contributed by atoms with E-state index in [1.165, 1.54) is 0 Å². The SMILES string of the molecule is Cc1n[nH]c(C)c1NCC1CCC(NC(=O)c2cc(Cl)ccc2Cl)CC1. The molecule has 0 aliphatic heterocycles. The smallest absolute Gasteiger partial charge is 0.253 e. The number of carbonyl (C=O) groups is 1. The molecule has 0 atom stereocenters. The van der Waals surface area contributed by atoms with Crippen LogP contribution in [0.4, 0.5) is 5.69 Å². The molecule has 0 radical (unpaired) electrons. The number of aromatic nitrogens is 2. The molecule has 1 fully saturated rings. The first-order valence-electron chi connectivity index (χ1n) is 8.95. The summed E-state index contributed by atoms with van der Waals surface area (Å²) in [5.74, 6) is 0.454. The van der Waals surface area contributed by atoms with Crippen molar-refractivity contribution in [1.82, 2.24) is 15.5 Å². The van der Waals surface area contributed by atoms with Crippen molar-refractivity contribution in [2.75, 3.05) is 11.9 Å². The fourth-order valence-electron chi connectivity index (χ4n) is 3.50. The largest absolute Gasteiger partial charge is 0.382 e. The molecule has 5 nitrogen and oxygen atoms in total. The maximum Gasteiger partial charge on any atom is 0.253 e. The summed E-state index contributed by atoms with van der Waals surface area (Å²) in [6.07, 6.45) is 4.10. The van der Waals surface area contributed by atoms with E-state index in [9.17, 15) is 4.79 Å². The van der Waals surface area contributed by atoms with Gasteiger partial charge in [-0.3, -0.25) is 9.89 Å². The maximum atomic E-state index is 12.4. The van der Waals surface area contributed by atoms with E-state index in [1.807, 2.05) is 13.8 Å². The fourth-order valence-corrected chi connectivity index (χ4v) is 3.88. The minimum absolute atomic E-state index is 0.149. The van der Waals surface area contributed by atoms with Gasteiger partial charge in [0.25, 0.3) is 5.91 Å². The Labute approximate surface area is 163 Å². The van der Waals surface area contributed by atoms with E-state index in [1.54, 1.807) is 18.2 Å². The molecule has 0 bridgehead atoms. The van der Waals surface area contributed by atoms with Gasteiger partial charge in [0.05, 0.1) is 27.7 Å². The molecule has 1 saturated carbocycles. The number of aryl methyl sites for hydroxylation is 2. The standard InChI is InChI=1S/C19H24Cl2N4O/c1-11-18(12(2)25-24-11)22-10-13-3-6-15(7-4-13)23-19(26)16-9-14(20)5-8-17(16)21/h5,8-9,13,15,22H,3-4,6-7,10H2,1-2H3,(H,23,26)(H,24,25). The second kappa shape index (κ2) is 8.31. The van der Waals surface area contributed by atoms with Gasteiger partial charge in [-0.1, -0.05) is 23.2 Å². The summed E-state index contributed by atoms with van der Waals surface area (Å²) in [6.45, 7) is 4.96. The van der Waals surface area contributed by atoms with E-state index in [2.05, 4.69) is 20.8 Å². The molecule has 7 heteroatoms. The Balaban J connectivity index is 1.48. The number of hydrogen-bond acceptors (Lipinski definition) is 3. The summed E-state index contributed by atoms with van der Waals surface area (Å²) < 4.78 is 0. The van der Waals surface area contributed by atoms with Gasteiger partial charge in [-0.15, -0.1) is 0 Å². The van der Waals surface area contributed by atoms with Gasteiger partial charge in [0.1, 0.15) is 0 Å². The number of halogens is 2. The van der Waals surface area contributed by atoms with Gasteiger partial charge in [0, 0.05) is 17.6 Å². The Morgan fingerprint density at radius 1 is 1.23 bits per heavy atom. The number of rotatable bonds is 5. The van der Waals surface area contributed by atoms with Gasteiger partial charge >= 0.3 is 0 Å². The van der Waals surface area contributed by atoms with Gasteiger partial charge in [-0.05, 0) is 63.6 Å². The molecular weight excluding hydrogens is 371 g/mol. The zero-order chi connectivity index (χ0) is 18.7. The van der Waals surface area contributed by atoms with Gasteiger partial charge in [0.15, 0.2) is 0 Å². The van der Waals surface area contributed by atoms with Crippen LogP contribution in [-0.4, -0.2) is 28.7 Å². The molecule has 0 saturated heterocycles. The summed E-state index contributed by atoms with van der Waals surface area (Å²) in [6, 6.07) is 5.14. The van der Waals surface area contributed by atoms with Gasteiger partial charge < -0.3 is 10.6 Å². The van der Waals surface area contributed by atoms with Crippen molar-refractivity contribution in [3.05, 3.63) is 45.2 Å². The van der Waals surface area contributed by atoms with Crippen LogP contribution in [0, 0.1) is 19.8 Å². The van der Waals surface area contributed by atoms with Gasteiger partial charge in [-0.2, -0.15) is 5.10 Å². The van der Waals surface area contributed by atoms with E-state index in [4.69, 9.17) is 23.2 Å². The van der Waals surface area contributed by atoms with Crippen molar-refractivity contribution in [2.45, 2.75) is 45.6 Å². The zero-order valence-corrected chi connectivity index (χ0v) is 16.5. The van der Waals surface area contributed by atoms with Crippen molar-refractivity contribution in [2.24, 2.45) is 5.92 Å². The number of hydrogen-bond donors (Lipinski definition) is 3. The van der Waals surface area contributed by atoms with Crippen LogP contribution in [0.1, 0.15) is 47.4 Å². The van der Waals surface area contributed by atoms with Crippen molar-refractivity contribution >= 4 is 34.8 Å². The molecule has 1 heterocycles. The molecule has 1 amide bonds. The Kier molecular flexibility index (Phi) is 6.09. The topological polar surface area (TPSA) is 69.8 Å². The van der Waals surface area contributed by atoms with Crippen molar-refractivity contribution in [1.29, 1.82) is 0 Å². The molecule has 1 aromatic heterocycles. The molecule has 3 N–H and O–H groups in total. The summed E-state index contributed by atoms with van der Waals surface area (Å²) in [5.41, 5.74) is 3.62. The molecule has 140 valence electrons. The first-order valence-corrected chi connectivity index (χ1v) is 9.71. The molecule has 1 aliphatic carbocycles. The van der Waals surface area contributed by atoms with Crippen LogP contribution in [-0.2, 0) is 0 Å². The fraction of sp³-hybridized carbons (Fsp3) is 0.474. The summed E-state index contributed by atoms with van der Waals surface area (Å²) in [5, 5.41) is 14.8. The van der Waals surface area contributed by atoms with E-state index < -0.39 is 0 Å². The lowest BCUT2D eigenvalue weighted by atomic mass is 9.86. The van der Waals surface area contributed by atoms with Crippen LogP contribution in [0.3, 0.4) is 0 Å². The summed E-state index contributed by atoms with van der Waals surface area (Å²) in [7, 11) is 0. The second-order valence-electron chi connectivity index (χ2n) is 7.01. The third kappa shape index (κ3) is 4.51. The molecule has 2 aromatic rings. The highest BCUT2D eigenvalue weighted by molar-refractivity contribution is 6.35. The highest BCUT2D eigenvalue weighted by Gasteiger charge is 2.24. The highest BCUT2D eigenvalue weighted by Crippen LogP contribution is 2.27. The quantitative estimate of drug-likeness (QED) is 0.685. The van der Waals surface area contributed by atoms with Crippen molar-refractivity contribution in [3.63, 3.8) is 0 Å². The van der Waals surface area contributed by atoms with Crippen molar-refractivity contribution in [3.8, 4) is 0 Å². The minimum atomic E-state index is -0.149. The monoisotopic (exact) mass is 394 g/mol. The third-order valence-electron chi connectivity index (χ3n) is 5.05. The number of nitrogens with one attached hydrogen (secondary N) is 3. The van der Waals surface area contributed by atoms with E-state index in [0.29, 0.717) is 21.5 Å². The Morgan fingerprint density at radius 3 is 2.62 bits per heavy atom. The number of aromatic amines is 1. The number of anilines is 1. The molecule has 0 unspecified atom stereocenters. The zero-order valence-electron chi connectivity index (χ0n) is 15.0. The predicted molar refractivity (Wildman–Crippen MR) is 106 cm³/mol. The second-order valence-corrected chi connectivity index (χ2v) is 7.85. The highest BCUT2D eigenvalue weighted by atomic mass is 35.5. The number of amides is 1. The molecule has 26 heavy (non-hydrogen) atoms. The van der Waals surface area contributed by atoms with Crippen LogP contribution >= 0.6 is 23.2 Å². The van der Waals surface area contributed by atoms with E-state index >= 15 is 0 Å². The lowest BCUT2D eigenvalue weighted by molar-refractivity contribution is 0.0923. The number of H-pyrrole nitrogens is 1. The van der Waals surface area contributed by atoms with Crippen molar-refractivity contribution < 1.29 is 4.79 Å². The maximum absolute atomic E-state index is 12.4. The summed E-state index contributed by atoms with van der Waals surface area (Å²) in [4.78, 5) is 12.4. The first-order chi connectivity index (χ1) is 12.4. The van der Waals surface area contributed by atoms with E-state index in [0.717, 1.165) is 49.3 Å². The molecular formula is C19H24Cl2N4O. The summed E-state index contributed by atoms with van der Waals surface area (Å²) >= 11 is 12.1. The van der Waals surface area contributed by atoms with Gasteiger partial charge in [0.2, 0.25) is 0 Å². The number of nitrogens with zero attached hydrogens (tertiary/aromatic N) is 1. The average molecular weight is 395 g/mol. The van der Waals surface area contributed by atoms with Crippen LogP contribution in [0.25, 0.3) is 0 Å². The molecule has 0 spiro atoms. The number of benzene rings is 1. The first kappa shape index (κ1) is 19.1. The molecule has 1 aliphatic rings. The molecule has 1 aromatic carbocycles. The van der Waals surface area contributed by atoms with Crippen LogP contribution in [0.5, 0.6) is 0 Å². The average Bonchev–Trinajstić information content (AvgIpc) is 2.94. The predicted octanol–water partition coefficient (Wildman–Crippen LogP) is 4.73. The molecule has 3 rings (SSSR count). The van der Waals surface area contributed by atoms with E-state index in [-0.39, 0.29) is 11.9 Å². The van der Waals surface area contributed by atoms with Crippen LogP contribution in [0.2, 0.25) is 10.0 Å². The van der Waals surface area contributed by atoms with Gasteiger partial charge in [-0.25, -0.2) is 0 Å². The minimum Gasteiger partial charge on any atom is -0.382 e. The van der Waals surface area contributed by atoms with Crippen LogP contribution < -0.4 is 10.6 Å². The lowest BCUT2D eigenvalue weighted by Gasteiger charge is -2.29. The number of carbonyl (C=O) groups excluding carboxylic acids is 1. The lowest BCUT2D eigenvalue weighted by Crippen LogP contribution is -2.38.